The molecule has 0 amide bonds. The van der Waals surface area contributed by atoms with Crippen molar-refractivity contribution in [2.24, 2.45) is 0 Å². The van der Waals surface area contributed by atoms with Crippen molar-refractivity contribution < 1.29 is 9.90 Å². The third kappa shape index (κ3) is 3.67. The van der Waals surface area contributed by atoms with Gasteiger partial charge in [0.05, 0.1) is 10.7 Å². The molecule has 1 aliphatic heterocycles. The van der Waals surface area contributed by atoms with E-state index < -0.39 is 5.97 Å². The van der Waals surface area contributed by atoms with E-state index in [1.807, 2.05) is 30.0 Å². The van der Waals surface area contributed by atoms with E-state index in [2.05, 4.69) is 11.8 Å². The van der Waals surface area contributed by atoms with Crippen LogP contribution in [0.15, 0.2) is 24.3 Å². The number of halogens is 1. The molecule has 1 aliphatic rings. The standard InChI is InChI=1S/C14H16ClNO2S/c1-10-9-16(7-8-19-10)14-11(5-6-13(17)18)3-2-4-12(14)15/h2-6,10H,7-9H2,1H3,(H,17,18)/b6-5+. The number of benzene rings is 1. The Morgan fingerprint density at radius 1 is 1.58 bits per heavy atom. The summed E-state index contributed by atoms with van der Waals surface area (Å²) < 4.78 is 0. The van der Waals surface area contributed by atoms with E-state index in [0.29, 0.717) is 10.3 Å². The van der Waals surface area contributed by atoms with E-state index in [1.54, 1.807) is 6.08 Å². The van der Waals surface area contributed by atoms with Gasteiger partial charge in [0.1, 0.15) is 0 Å². The SMILES string of the molecule is CC1CN(c2c(Cl)cccc2/C=C/C(=O)O)CCS1. The number of carbonyl (C=O) groups is 1. The molecule has 5 heteroatoms. The van der Waals surface area contributed by atoms with Crippen molar-refractivity contribution in [3.05, 3.63) is 34.9 Å². The maximum Gasteiger partial charge on any atom is 0.328 e. The van der Waals surface area contributed by atoms with E-state index in [0.717, 1.165) is 36.2 Å². The molecular weight excluding hydrogens is 282 g/mol. The molecule has 1 heterocycles. The maximum atomic E-state index is 10.7. The number of carboxylic acid groups (broad SMARTS) is 1. The van der Waals surface area contributed by atoms with Crippen LogP contribution in [0.4, 0.5) is 5.69 Å². The average molecular weight is 298 g/mol. The van der Waals surface area contributed by atoms with Gasteiger partial charge in [-0.25, -0.2) is 4.79 Å². The first-order valence-electron chi connectivity index (χ1n) is 6.14. The number of rotatable bonds is 3. The third-order valence-electron chi connectivity index (χ3n) is 2.98. The molecule has 3 nitrogen and oxygen atoms in total. The van der Waals surface area contributed by atoms with Crippen LogP contribution in [0.5, 0.6) is 0 Å². The highest BCUT2D eigenvalue weighted by Gasteiger charge is 2.20. The van der Waals surface area contributed by atoms with Crippen LogP contribution in [-0.2, 0) is 4.79 Å². The Bertz CT molecular complexity index is 504. The first kappa shape index (κ1) is 14.3. The number of carboxylic acids is 1. The highest BCUT2D eigenvalue weighted by atomic mass is 35.5. The number of aliphatic carboxylic acids is 1. The van der Waals surface area contributed by atoms with Crippen LogP contribution < -0.4 is 4.90 Å². The molecular formula is C14H16ClNO2S. The highest BCUT2D eigenvalue weighted by molar-refractivity contribution is 8.00. The smallest absolute Gasteiger partial charge is 0.328 e. The lowest BCUT2D eigenvalue weighted by molar-refractivity contribution is -0.131. The summed E-state index contributed by atoms with van der Waals surface area (Å²) in [5.74, 6) is 0.113. The van der Waals surface area contributed by atoms with E-state index in [-0.39, 0.29) is 0 Å². The molecule has 0 aromatic heterocycles. The summed E-state index contributed by atoms with van der Waals surface area (Å²) in [6.45, 7) is 4.06. The van der Waals surface area contributed by atoms with Crippen LogP contribution in [0.2, 0.25) is 5.02 Å². The van der Waals surface area contributed by atoms with Gasteiger partial charge in [0.25, 0.3) is 0 Å². The van der Waals surface area contributed by atoms with Crippen LogP contribution in [-0.4, -0.2) is 35.2 Å². The summed E-state index contributed by atoms with van der Waals surface area (Å²) in [5, 5.41) is 9.98. The first-order valence-corrected chi connectivity index (χ1v) is 7.56. The van der Waals surface area contributed by atoms with Gasteiger partial charge in [-0.1, -0.05) is 30.7 Å². The molecule has 1 aromatic rings. The Kier molecular flexibility index (Phi) is 4.77. The zero-order chi connectivity index (χ0) is 13.8. The second-order valence-corrected chi connectivity index (χ2v) is 6.43. The molecule has 0 spiro atoms. The zero-order valence-corrected chi connectivity index (χ0v) is 12.2. The summed E-state index contributed by atoms with van der Waals surface area (Å²) in [6.07, 6.45) is 2.76. The van der Waals surface area contributed by atoms with Crippen LogP contribution in [0.3, 0.4) is 0 Å². The second-order valence-electron chi connectivity index (χ2n) is 4.48. The first-order chi connectivity index (χ1) is 9.08. The van der Waals surface area contributed by atoms with Crippen LogP contribution in [0.25, 0.3) is 6.08 Å². The number of hydrogen-bond acceptors (Lipinski definition) is 3. The van der Waals surface area contributed by atoms with Gasteiger partial charge < -0.3 is 10.0 Å². The fourth-order valence-corrected chi connectivity index (χ4v) is 3.50. The number of hydrogen-bond donors (Lipinski definition) is 1. The lowest BCUT2D eigenvalue weighted by atomic mass is 10.1. The van der Waals surface area contributed by atoms with Crippen molar-refractivity contribution in [2.45, 2.75) is 12.2 Å². The fourth-order valence-electron chi connectivity index (χ4n) is 2.18. The van der Waals surface area contributed by atoms with E-state index in [1.165, 1.54) is 0 Å². The minimum absolute atomic E-state index is 0.557. The minimum atomic E-state index is -0.950. The summed E-state index contributed by atoms with van der Waals surface area (Å²) in [5.41, 5.74) is 1.79. The monoisotopic (exact) mass is 297 g/mol. The van der Waals surface area contributed by atoms with Crippen molar-refractivity contribution in [2.75, 3.05) is 23.7 Å². The van der Waals surface area contributed by atoms with Crippen molar-refractivity contribution in [1.82, 2.24) is 0 Å². The molecule has 1 atom stereocenters. The maximum absolute atomic E-state index is 10.7. The predicted molar refractivity (Wildman–Crippen MR) is 82.3 cm³/mol. The van der Waals surface area contributed by atoms with Gasteiger partial charge in [-0.3, -0.25) is 0 Å². The average Bonchev–Trinajstić information content (AvgIpc) is 2.36. The molecule has 0 aliphatic carbocycles. The van der Waals surface area contributed by atoms with Crippen LogP contribution in [0, 0.1) is 0 Å². The topological polar surface area (TPSA) is 40.5 Å². The molecule has 19 heavy (non-hydrogen) atoms. The largest absolute Gasteiger partial charge is 0.478 e. The fraction of sp³-hybridized carbons (Fsp3) is 0.357. The van der Waals surface area contributed by atoms with Gasteiger partial charge in [-0.2, -0.15) is 11.8 Å². The summed E-state index contributed by atoms with van der Waals surface area (Å²) in [7, 11) is 0. The molecule has 1 saturated heterocycles. The van der Waals surface area contributed by atoms with Gasteiger partial charge in [0.2, 0.25) is 0 Å². The van der Waals surface area contributed by atoms with Gasteiger partial charge in [-0.05, 0) is 17.7 Å². The molecule has 2 rings (SSSR count). The Labute approximate surface area is 122 Å². The van der Waals surface area contributed by atoms with E-state index in [4.69, 9.17) is 16.7 Å². The second kappa shape index (κ2) is 6.35. The van der Waals surface area contributed by atoms with E-state index >= 15 is 0 Å². The summed E-state index contributed by atoms with van der Waals surface area (Å²) in [6, 6.07) is 5.59. The highest BCUT2D eigenvalue weighted by Crippen LogP contribution is 2.33. The van der Waals surface area contributed by atoms with Crippen molar-refractivity contribution in [3.8, 4) is 0 Å². The normalized spacial score (nSPS) is 19.9. The van der Waals surface area contributed by atoms with Crippen molar-refractivity contribution >= 4 is 41.1 Å². The van der Waals surface area contributed by atoms with Crippen LogP contribution in [0.1, 0.15) is 12.5 Å². The Morgan fingerprint density at radius 3 is 3.05 bits per heavy atom. The molecule has 0 saturated carbocycles. The number of para-hydroxylation sites is 1. The van der Waals surface area contributed by atoms with E-state index in [9.17, 15) is 4.79 Å². The summed E-state index contributed by atoms with van der Waals surface area (Å²) in [4.78, 5) is 12.9. The van der Waals surface area contributed by atoms with Crippen molar-refractivity contribution in [1.29, 1.82) is 0 Å². The molecule has 0 radical (unpaired) electrons. The quantitative estimate of drug-likeness (QED) is 0.868. The molecule has 1 unspecified atom stereocenters. The molecule has 102 valence electrons. The number of anilines is 1. The molecule has 1 N–H and O–H groups in total. The minimum Gasteiger partial charge on any atom is -0.478 e. The molecule has 0 bridgehead atoms. The van der Waals surface area contributed by atoms with Gasteiger partial charge in [0.15, 0.2) is 0 Å². The van der Waals surface area contributed by atoms with Gasteiger partial charge in [-0.15, -0.1) is 0 Å². The Hall–Kier alpha value is -1.13. The number of nitrogens with zero attached hydrogens (tertiary/aromatic N) is 1. The number of thioether (sulfide) groups is 1. The Morgan fingerprint density at radius 2 is 2.37 bits per heavy atom. The lowest BCUT2D eigenvalue weighted by Gasteiger charge is -2.34. The predicted octanol–water partition coefficient (Wildman–Crippen LogP) is 3.38. The Balaban J connectivity index is 2.34. The lowest BCUT2D eigenvalue weighted by Crippen LogP contribution is -2.37. The molecule has 1 aromatic carbocycles. The van der Waals surface area contributed by atoms with Gasteiger partial charge in [0, 0.05) is 30.2 Å². The van der Waals surface area contributed by atoms with Gasteiger partial charge >= 0.3 is 5.97 Å². The summed E-state index contributed by atoms with van der Waals surface area (Å²) >= 11 is 8.25. The molecule has 1 fully saturated rings. The van der Waals surface area contributed by atoms with Crippen LogP contribution >= 0.6 is 23.4 Å². The van der Waals surface area contributed by atoms with Crippen molar-refractivity contribution in [3.63, 3.8) is 0 Å². The third-order valence-corrected chi connectivity index (χ3v) is 4.42. The zero-order valence-electron chi connectivity index (χ0n) is 10.7.